The van der Waals surface area contributed by atoms with Gasteiger partial charge in [0, 0.05) is 44.5 Å². The highest BCUT2D eigenvalue weighted by Gasteiger charge is 2.34. The van der Waals surface area contributed by atoms with Gasteiger partial charge in [0.25, 0.3) is 0 Å². The van der Waals surface area contributed by atoms with E-state index in [4.69, 9.17) is 4.42 Å². The number of hydrogen-bond acceptors (Lipinski definition) is 3. The number of para-hydroxylation sites is 4. The molecule has 1 aliphatic heterocycles. The van der Waals surface area contributed by atoms with Gasteiger partial charge in [-0.2, -0.15) is 0 Å². The van der Waals surface area contributed by atoms with Crippen LogP contribution in [0.5, 0.6) is 0 Å². The summed E-state index contributed by atoms with van der Waals surface area (Å²) in [7, 11) is 2.30. The van der Waals surface area contributed by atoms with Gasteiger partial charge in [0.05, 0.1) is 28.1 Å². The van der Waals surface area contributed by atoms with Crippen molar-refractivity contribution in [1.29, 1.82) is 0 Å². The number of rotatable bonds is 10. The number of nitrogens with zero attached hydrogens (tertiary/aromatic N) is 2. The molecule has 0 saturated heterocycles. The molecule has 10 rings (SSSR count). The van der Waals surface area contributed by atoms with Gasteiger partial charge in [-0.15, -0.1) is 0 Å². The quantitative estimate of drug-likeness (QED) is 0.112. The number of hydrogen-bond donors (Lipinski definition) is 1. The summed E-state index contributed by atoms with van der Waals surface area (Å²) in [6, 6.07) is 57.2. The molecule has 0 spiro atoms. The summed E-state index contributed by atoms with van der Waals surface area (Å²) < 4.78 is 9.33. The van der Waals surface area contributed by atoms with E-state index in [1.807, 2.05) is 0 Å². The van der Waals surface area contributed by atoms with E-state index in [-0.39, 0.29) is 5.41 Å². The van der Waals surface area contributed by atoms with Gasteiger partial charge in [0.1, 0.15) is 5.58 Å². The molecule has 1 N–H and O–H groups in total. The van der Waals surface area contributed by atoms with Gasteiger partial charge in [-0.1, -0.05) is 132 Å². The molecule has 4 nitrogen and oxygen atoms in total. The van der Waals surface area contributed by atoms with Crippen molar-refractivity contribution in [3.05, 3.63) is 169 Å². The van der Waals surface area contributed by atoms with Crippen LogP contribution in [0.25, 0.3) is 49.6 Å². The Balaban J connectivity index is 1.27. The number of benzene rings is 7. The lowest BCUT2D eigenvalue weighted by atomic mass is 9.62. The van der Waals surface area contributed by atoms with Gasteiger partial charge >= 0.3 is 0 Å². The van der Waals surface area contributed by atoms with Crippen molar-refractivity contribution in [2.24, 2.45) is 0 Å². The van der Waals surface area contributed by atoms with Crippen molar-refractivity contribution < 1.29 is 4.42 Å². The van der Waals surface area contributed by atoms with Crippen LogP contribution < -0.4 is 21.3 Å². The molecule has 7 aromatic carbocycles. The fourth-order valence-corrected chi connectivity index (χ4v) is 8.87. The zero-order chi connectivity index (χ0) is 39.4. The van der Waals surface area contributed by atoms with Crippen LogP contribution in [0.15, 0.2) is 162 Å². The van der Waals surface area contributed by atoms with E-state index in [0.29, 0.717) is 0 Å². The number of fused-ring (bicyclic) bond motifs is 7. The summed E-state index contributed by atoms with van der Waals surface area (Å²) in [6.07, 6.45) is 4.83. The fraction of sp³-hybridized carbons (Fsp3) is 0.170. The summed E-state index contributed by atoms with van der Waals surface area (Å²) in [5, 5.41) is 7.37. The predicted molar refractivity (Wildman–Crippen MR) is 247 cm³/mol. The van der Waals surface area contributed by atoms with Crippen LogP contribution >= 0.6 is 0 Å². The van der Waals surface area contributed by atoms with Gasteiger partial charge in [-0.25, -0.2) is 0 Å². The molecule has 9 aromatic rings. The maximum Gasteiger partial charge on any atom is 0.247 e. The number of aromatic nitrogens is 1. The molecule has 2 aromatic heterocycles. The molecule has 0 unspecified atom stereocenters. The van der Waals surface area contributed by atoms with Crippen LogP contribution in [0.2, 0.25) is 0 Å². The standard InChI is InChI=1S/C53H47BN3O/c1-5-6-9-18-35-27-30-37(31-28-35)55-44-25-16-14-23-40(44)42-34-46(56(38-19-10-7-11-20-38)39-21-12-8-13-22-39)48-41-24-15-17-26-45(41)57-50-43-33-36(53(2,3)4)29-32-47(43)58-52(50)54-49(42)51(48)57/h7-8,10-17,19-34,55H,5-6,9,18H2,1-4H3. The van der Waals surface area contributed by atoms with Crippen molar-refractivity contribution in [3.8, 4) is 16.8 Å². The Morgan fingerprint density at radius 3 is 2.09 bits per heavy atom. The summed E-state index contributed by atoms with van der Waals surface area (Å²) in [5.41, 5.74) is 16.7. The second-order valence-corrected chi connectivity index (χ2v) is 16.7. The van der Waals surface area contributed by atoms with E-state index >= 15 is 0 Å². The van der Waals surface area contributed by atoms with E-state index in [1.165, 1.54) is 46.7 Å². The molecule has 0 aliphatic carbocycles. The normalized spacial score (nSPS) is 12.2. The van der Waals surface area contributed by atoms with Crippen molar-refractivity contribution >= 4 is 79.6 Å². The Hall–Kier alpha value is -6.46. The predicted octanol–water partition coefficient (Wildman–Crippen LogP) is 13.4. The van der Waals surface area contributed by atoms with Crippen LogP contribution in [0.4, 0.5) is 28.4 Å². The highest BCUT2D eigenvalue weighted by Crippen LogP contribution is 2.47. The minimum atomic E-state index is -0.0129. The van der Waals surface area contributed by atoms with Crippen LogP contribution in [0.3, 0.4) is 0 Å². The summed E-state index contributed by atoms with van der Waals surface area (Å²) in [5.74, 6) is 0. The molecule has 5 heteroatoms. The Labute approximate surface area is 342 Å². The lowest BCUT2D eigenvalue weighted by molar-refractivity contribution is 0.590. The molecule has 0 bridgehead atoms. The molecule has 0 fully saturated rings. The zero-order valence-corrected chi connectivity index (χ0v) is 33.7. The first kappa shape index (κ1) is 35.9. The molecule has 0 saturated carbocycles. The Bertz CT molecular complexity index is 2900. The SMILES string of the molecule is CCCCCc1ccc(Nc2ccccc2-c2cc(N(c3ccccc3)c3ccccc3)c3c4ccccc4n4c3c2[B]c2oc3ccc(C(C)(C)C)cc3c2-4)cc1. The van der Waals surface area contributed by atoms with Crippen molar-refractivity contribution in [3.63, 3.8) is 0 Å². The smallest absolute Gasteiger partial charge is 0.247 e. The van der Waals surface area contributed by atoms with Gasteiger partial charge in [0.15, 0.2) is 0 Å². The first-order chi connectivity index (χ1) is 28.4. The average molecular weight is 753 g/mol. The Kier molecular flexibility index (Phi) is 8.97. The molecule has 1 radical (unpaired) electrons. The fourth-order valence-electron chi connectivity index (χ4n) is 8.87. The topological polar surface area (TPSA) is 33.3 Å². The van der Waals surface area contributed by atoms with E-state index < -0.39 is 0 Å². The molecule has 1 aliphatic rings. The molecule has 283 valence electrons. The average Bonchev–Trinajstić information content (AvgIpc) is 3.79. The van der Waals surface area contributed by atoms with E-state index in [1.54, 1.807) is 0 Å². The lowest BCUT2D eigenvalue weighted by Gasteiger charge is -2.29. The highest BCUT2D eigenvalue weighted by atomic mass is 16.3. The molecule has 0 amide bonds. The van der Waals surface area contributed by atoms with Crippen LogP contribution in [-0.4, -0.2) is 11.8 Å². The van der Waals surface area contributed by atoms with Gasteiger partial charge in [-0.05, 0) is 107 Å². The number of furan rings is 1. The molecule has 0 atom stereocenters. The Morgan fingerprint density at radius 1 is 0.672 bits per heavy atom. The second-order valence-electron chi connectivity index (χ2n) is 16.7. The van der Waals surface area contributed by atoms with E-state index in [0.717, 1.165) is 79.3 Å². The van der Waals surface area contributed by atoms with Crippen molar-refractivity contribution in [2.45, 2.75) is 58.8 Å². The first-order valence-corrected chi connectivity index (χ1v) is 20.8. The minimum absolute atomic E-state index is 0.0129. The molecule has 3 heterocycles. The van der Waals surface area contributed by atoms with Gasteiger partial charge < -0.3 is 19.2 Å². The molecule has 58 heavy (non-hydrogen) atoms. The lowest BCUT2D eigenvalue weighted by Crippen LogP contribution is -2.36. The highest BCUT2D eigenvalue weighted by molar-refractivity contribution is 6.73. The third-order valence-electron chi connectivity index (χ3n) is 11.8. The zero-order valence-electron chi connectivity index (χ0n) is 33.7. The second kappa shape index (κ2) is 14.5. The maximum absolute atomic E-state index is 6.84. The van der Waals surface area contributed by atoms with Crippen LogP contribution in [0.1, 0.15) is 58.1 Å². The van der Waals surface area contributed by atoms with E-state index in [9.17, 15) is 0 Å². The maximum atomic E-state index is 6.84. The van der Waals surface area contributed by atoms with Crippen LogP contribution in [-0.2, 0) is 11.8 Å². The molecular formula is C53H47BN3O. The van der Waals surface area contributed by atoms with Gasteiger partial charge in [0.2, 0.25) is 7.28 Å². The van der Waals surface area contributed by atoms with Crippen molar-refractivity contribution in [2.75, 3.05) is 10.2 Å². The molecular weight excluding hydrogens is 705 g/mol. The number of anilines is 5. The Morgan fingerprint density at radius 2 is 1.36 bits per heavy atom. The largest absolute Gasteiger partial charge is 0.469 e. The number of unbranched alkanes of at least 4 members (excludes halogenated alkanes) is 2. The third kappa shape index (κ3) is 6.17. The third-order valence-corrected chi connectivity index (χ3v) is 11.8. The van der Waals surface area contributed by atoms with Crippen molar-refractivity contribution in [1.82, 2.24) is 4.57 Å². The number of nitrogens with one attached hydrogen (secondary N) is 1. The minimum Gasteiger partial charge on any atom is -0.469 e. The van der Waals surface area contributed by atoms with Gasteiger partial charge in [-0.3, -0.25) is 0 Å². The monoisotopic (exact) mass is 752 g/mol. The van der Waals surface area contributed by atoms with E-state index in [2.05, 4.69) is 207 Å². The number of aryl methyl sites for hydroxylation is 1. The summed E-state index contributed by atoms with van der Waals surface area (Å²) in [6.45, 7) is 9.09. The summed E-state index contributed by atoms with van der Waals surface area (Å²) >= 11 is 0. The van der Waals surface area contributed by atoms with Crippen LogP contribution in [0, 0.1) is 0 Å². The first-order valence-electron chi connectivity index (χ1n) is 20.8. The summed E-state index contributed by atoms with van der Waals surface area (Å²) in [4.78, 5) is 2.42.